The van der Waals surface area contributed by atoms with Crippen molar-refractivity contribution in [2.45, 2.75) is 69.9 Å². The lowest BCUT2D eigenvalue weighted by Gasteiger charge is -2.40. The lowest BCUT2D eigenvalue weighted by atomic mass is 10.0. The third-order valence-electron chi connectivity index (χ3n) is 7.92. The van der Waals surface area contributed by atoms with E-state index in [0.717, 1.165) is 24.5 Å². The lowest BCUT2D eigenvalue weighted by molar-refractivity contribution is 0.0863. The van der Waals surface area contributed by atoms with E-state index in [0.29, 0.717) is 0 Å². The van der Waals surface area contributed by atoms with Gasteiger partial charge in [0.25, 0.3) is 0 Å². The molecule has 4 nitrogen and oxygen atoms in total. The molecule has 3 heterocycles. The Hall–Kier alpha value is -1.00. The smallest absolute Gasteiger partial charge is 0.104 e. The van der Waals surface area contributed by atoms with Gasteiger partial charge in [0.2, 0.25) is 0 Å². The van der Waals surface area contributed by atoms with E-state index >= 15 is 0 Å². The van der Waals surface area contributed by atoms with E-state index < -0.39 is 0 Å². The molecular weight excluding hydrogens is 344 g/mol. The topological polar surface area (TPSA) is 13.0 Å². The van der Waals surface area contributed by atoms with Crippen LogP contribution in [0.4, 0.5) is 0 Å². The van der Waals surface area contributed by atoms with Crippen molar-refractivity contribution in [3.05, 3.63) is 24.0 Å². The minimum Gasteiger partial charge on any atom is -0.357 e. The van der Waals surface area contributed by atoms with Gasteiger partial charge in [0.05, 0.1) is 0 Å². The van der Waals surface area contributed by atoms with Crippen molar-refractivity contribution in [2.24, 2.45) is 5.92 Å². The quantitative estimate of drug-likeness (QED) is 0.719. The minimum atomic E-state index is 0.834. The first-order valence-electron chi connectivity index (χ1n) is 12.2. The largest absolute Gasteiger partial charge is 0.357 e. The molecule has 0 aromatic rings. The van der Waals surface area contributed by atoms with E-state index in [1.54, 1.807) is 0 Å². The number of rotatable bonds is 5. The molecule has 3 aliphatic heterocycles. The van der Waals surface area contributed by atoms with E-state index in [4.69, 9.17) is 0 Å². The minimum absolute atomic E-state index is 0.834. The Morgan fingerprint density at radius 1 is 0.714 bits per heavy atom. The summed E-state index contributed by atoms with van der Waals surface area (Å²) in [5.74, 6) is 2.47. The van der Waals surface area contributed by atoms with Crippen LogP contribution >= 0.6 is 0 Å². The molecular formula is C24H40N4. The highest BCUT2D eigenvalue weighted by atomic mass is 15.4. The SMILES string of the molecule is C1=CCN(CC2CC2)C(N2CCCN(C3CCN(C4CCCC4)CC3)CC2)=C1. The fourth-order valence-electron chi connectivity index (χ4n) is 6.04. The van der Waals surface area contributed by atoms with Gasteiger partial charge >= 0.3 is 0 Å². The van der Waals surface area contributed by atoms with E-state index in [2.05, 4.69) is 37.8 Å². The summed E-state index contributed by atoms with van der Waals surface area (Å²) in [6, 6.07) is 1.75. The zero-order valence-electron chi connectivity index (χ0n) is 17.8. The molecule has 4 fully saturated rings. The fraction of sp³-hybridized carbons (Fsp3) is 0.833. The lowest BCUT2D eigenvalue weighted by Crippen LogP contribution is -2.48. The number of allylic oxidation sites excluding steroid dienone is 2. The average molecular weight is 385 g/mol. The third-order valence-corrected chi connectivity index (χ3v) is 7.92. The highest BCUT2D eigenvalue weighted by Gasteiger charge is 2.32. The summed E-state index contributed by atoms with van der Waals surface area (Å²) in [6.07, 6.45) is 19.9. The molecule has 2 saturated heterocycles. The van der Waals surface area contributed by atoms with Crippen LogP contribution in [0.5, 0.6) is 0 Å². The van der Waals surface area contributed by atoms with Gasteiger partial charge in [0, 0.05) is 51.4 Å². The van der Waals surface area contributed by atoms with Crippen LogP contribution in [0.15, 0.2) is 24.0 Å². The molecule has 0 atom stereocenters. The molecule has 0 unspecified atom stereocenters. The Balaban J connectivity index is 1.13. The van der Waals surface area contributed by atoms with Crippen LogP contribution in [-0.4, -0.2) is 84.0 Å². The maximum absolute atomic E-state index is 2.84. The van der Waals surface area contributed by atoms with Crippen LogP contribution in [0, 0.1) is 5.92 Å². The Kier molecular flexibility index (Phi) is 5.96. The summed E-state index contributed by atoms with van der Waals surface area (Å²) < 4.78 is 0. The Labute approximate surface area is 172 Å². The molecule has 2 aliphatic carbocycles. The summed E-state index contributed by atoms with van der Waals surface area (Å²) in [5, 5.41) is 0. The van der Waals surface area contributed by atoms with Crippen molar-refractivity contribution in [3.63, 3.8) is 0 Å². The predicted molar refractivity (Wildman–Crippen MR) is 116 cm³/mol. The molecule has 156 valence electrons. The number of likely N-dealkylation sites (tertiary alicyclic amines) is 1. The molecule has 0 spiro atoms. The Morgan fingerprint density at radius 3 is 2.25 bits per heavy atom. The van der Waals surface area contributed by atoms with Crippen LogP contribution < -0.4 is 0 Å². The van der Waals surface area contributed by atoms with Crippen LogP contribution in [0.1, 0.15) is 57.8 Å². The number of hydrogen-bond acceptors (Lipinski definition) is 4. The standard InChI is InChI=1S/C24H40N4/c1-2-7-22(6-1)26-16-11-23(12-17-26)25-14-5-15-27(19-18-25)24-8-3-4-13-28(24)20-21-9-10-21/h3-4,8,21-23H,1-2,5-7,9-20H2. The first-order chi connectivity index (χ1) is 13.9. The number of nitrogens with zero attached hydrogens (tertiary/aromatic N) is 4. The summed E-state index contributed by atoms with van der Waals surface area (Å²) in [6.45, 7) is 10.1. The predicted octanol–water partition coefficient (Wildman–Crippen LogP) is 3.52. The molecule has 0 aromatic heterocycles. The molecule has 0 radical (unpaired) electrons. The Morgan fingerprint density at radius 2 is 1.46 bits per heavy atom. The van der Waals surface area contributed by atoms with Gasteiger partial charge in [0.15, 0.2) is 0 Å². The molecule has 0 amide bonds. The van der Waals surface area contributed by atoms with Gasteiger partial charge in [-0.15, -0.1) is 0 Å². The summed E-state index contributed by atoms with van der Waals surface area (Å²) in [7, 11) is 0. The summed E-state index contributed by atoms with van der Waals surface area (Å²) >= 11 is 0. The van der Waals surface area contributed by atoms with E-state index in [1.165, 1.54) is 109 Å². The average Bonchev–Trinajstić information content (AvgIpc) is 3.45. The second-order valence-electron chi connectivity index (χ2n) is 9.88. The van der Waals surface area contributed by atoms with Crippen LogP contribution in [0.3, 0.4) is 0 Å². The molecule has 0 bridgehead atoms. The molecule has 4 heteroatoms. The number of hydrogen-bond donors (Lipinski definition) is 0. The van der Waals surface area contributed by atoms with Gasteiger partial charge in [-0.3, -0.25) is 4.90 Å². The molecule has 0 N–H and O–H groups in total. The second-order valence-corrected chi connectivity index (χ2v) is 9.88. The van der Waals surface area contributed by atoms with Crippen LogP contribution in [0.2, 0.25) is 0 Å². The van der Waals surface area contributed by atoms with Gasteiger partial charge in [-0.2, -0.15) is 0 Å². The van der Waals surface area contributed by atoms with Crippen molar-refractivity contribution < 1.29 is 0 Å². The number of piperidine rings is 1. The van der Waals surface area contributed by atoms with E-state index in [1.807, 2.05) is 0 Å². The molecule has 2 saturated carbocycles. The van der Waals surface area contributed by atoms with Gasteiger partial charge < -0.3 is 14.7 Å². The summed E-state index contributed by atoms with van der Waals surface area (Å²) in [4.78, 5) is 11.0. The van der Waals surface area contributed by atoms with Crippen LogP contribution in [-0.2, 0) is 0 Å². The maximum atomic E-state index is 2.84. The van der Waals surface area contributed by atoms with Gasteiger partial charge in [0.1, 0.15) is 5.82 Å². The Bertz CT molecular complexity index is 567. The zero-order chi connectivity index (χ0) is 18.8. The maximum Gasteiger partial charge on any atom is 0.104 e. The van der Waals surface area contributed by atoms with Crippen molar-refractivity contribution in [1.82, 2.24) is 19.6 Å². The van der Waals surface area contributed by atoms with Crippen molar-refractivity contribution in [1.29, 1.82) is 0 Å². The van der Waals surface area contributed by atoms with Crippen molar-refractivity contribution in [2.75, 3.05) is 52.4 Å². The fourth-order valence-corrected chi connectivity index (χ4v) is 6.04. The monoisotopic (exact) mass is 384 g/mol. The molecule has 5 aliphatic rings. The third kappa shape index (κ3) is 4.43. The molecule has 5 rings (SSSR count). The summed E-state index contributed by atoms with van der Waals surface area (Å²) in [5.41, 5.74) is 0. The first kappa shape index (κ1) is 19.0. The van der Waals surface area contributed by atoms with E-state index in [-0.39, 0.29) is 0 Å². The van der Waals surface area contributed by atoms with E-state index in [9.17, 15) is 0 Å². The molecule has 28 heavy (non-hydrogen) atoms. The highest BCUT2D eigenvalue weighted by Crippen LogP contribution is 2.32. The zero-order valence-corrected chi connectivity index (χ0v) is 17.8. The van der Waals surface area contributed by atoms with Crippen molar-refractivity contribution in [3.8, 4) is 0 Å². The second kappa shape index (κ2) is 8.79. The van der Waals surface area contributed by atoms with Gasteiger partial charge in [-0.05, 0) is 70.0 Å². The highest BCUT2D eigenvalue weighted by molar-refractivity contribution is 5.18. The normalized spacial score (nSPS) is 29.4. The molecule has 0 aromatic carbocycles. The van der Waals surface area contributed by atoms with Gasteiger partial charge in [-0.1, -0.05) is 25.0 Å². The van der Waals surface area contributed by atoms with Crippen molar-refractivity contribution >= 4 is 0 Å². The van der Waals surface area contributed by atoms with Crippen LogP contribution in [0.25, 0.3) is 0 Å². The van der Waals surface area contributed by atoms with Gasteiger partial charge in [-0.25, -0.2) is 0 Å². The first-order valence-corrected chi connectivity index (χ1v) is 12.2.